The van der Waals surface area contributed by atoms with Crippen molar-refractivity contribution < 1.29 is 22.7 Å². The molecule has 0 fully saturated rings. The number of nitrogens with zero attached hydrogens (tertiary/aromatic N) is 1. The third-order valence-electron chi connectivity index (χ3n) is 5.11. The maximum Gasteiger partial charge on any atom is 0.341 e. The van der Waals surface area contributed by atoms with Crippen LogP contribution in [0.4, 0.5) is 5.00 Å². The molecule has 1 aromatic heterocycles. The number of hydrogen-bond donors (Lipinski definition) is 1. The number of nitrogens with one attached hydrogen (secondary N) is 1. The van der Waals surface area contributed by atoms with E-state index in [0.29, 0.717) is 10.6 Å². The van der Waals surface area contributed by atoms with Crippen molar-refractivity contribution in [1.29, 1.82) is 0 Å². The van der Waals surface area contributed by atoms with E-state index in [-0.39, 0.29) is 23.7 Å². The molecule has 1 aliphatic rings. The van der Waals surface area contributed by atoms with Crippen molar-refractivity contribution in [3.05, 3.63) is 46.3 Å². The van der Waals surface area contributed by atoms with Crippen LogP contribution in [0.15, 0.2) is 35.2 Å². The smallest absolute Gasteiger partial charge is 0.341 e. The monoisotopic (exact) mass is 464 g/mol. The van der Waals surface area contributed by atoms with Gasteiger partial charge < -0.3 is 10.1 Å². The van der Waals surface area contributed by atoms with E-state index < -0.39 is 21.7 Å². The number of benzene rings is 1. The van der Waals surface area contributed by atoms with Gasteiger partial charge in [0, 0.05) is 24.4 Å². The van der Waals surface area contributed by atoms with Gasteiger partial charge >= 0.3 is 5.97 Å². The second-order valence-corrected chi connectivity index (χ2v) is 10.6. The third-order valence-corrected chi connectivity index (χ3v) is 7.97. The van der Waals surface area contributed by atoms with Gasteiger partial charge in [0.2, 0.25) is 5.91 Å². The first-order valence-corrected chi connectivity index (χ1v) is 12.9. The van der Waals surface area contributed by atoms with Crippen molar-refractivity contribution in [2.75, 3.05) is 30.8 Å². The van der Waals surface area contributed by atoms with Crippen LogP contribution in [0.25, 0.3) is 0 Å². The normalized spacial score (nSPS) is 14.1. The highest BCUT2D eigenvalue weighted by atomic mass is 32.2. The van der Waals surface area contributed by atoms with Gasteiger partial charge in [-0.3, -0.25) is 9.69 Å². The van der Waals surface area contributed by atoms with Gasteiger partial charge in [0.25, 0.3) is 0 Å². The topological polar surface area (TPSA) is 92.8 Å². The Kier molecular flexibility index (Phi) is 7.85. The predicted octanol–water partition coefficient (Wildman–Crippen LogP) is 3.50. The maximum absolute atomic E-state index is 12.6. The average Bonchev–Trinajstić information content (AvgIpc) is 3.10. The molecule has 0 saturated heterocycles. The lowest BCUT2D eigenvalue weighted by atomic mass is 10.0. The van der Waals surface area contributed by atoms with E-state index in [1.165, 1.54) is 23.5 Å². The van der Waals surface area contributed by atoms with Crippen LogP contribution in [0.5, 0.6) is 0 Å². The van der Waals surface area contributed by atoms with Crippen LogP contribution < -0.4 is 5.32 Å². The fourth-order valence-electron chi connectivity index (χ4n) is 3.63. The number of hydrogen-bond acceptors (Lipinski definition) is 7. The van der Waals surface area contributed by atoms with Gasteiger partial charge in [-0.1, -0.05) is 25.1 Å². The Morgan fingerprint density at radius 3 is 2.61 bits per heavy atom. The van der Waals surface area contributed by atoms with Gasteiger partial charge in [0.15, 0.2) is 9.84 Å². The Labute approximate surface area is 187 Å². The number of esters is 1. The third kappa shape index (κ3) is 5.72. The quantitative estimate of drug-likeness (QED) is 0.571. The summed E-state index contributed by atoms with van der Waals surface area (Å²) in [4.78, 5) is 28.8. The lowest BCUT2D eigenvalue weighted by Crippen LogP contribution is -2.30. The summed E-state index contributed by atoms with van der Waals surface area (Å²) >= 11 is 1.38. The van der Waals surface area contributed by atoms with Crippen LogP contribution in [0.3, 0.4) is 0 Å². The van der Waals surface area contributed by atoms with Crippen molar-refractivity contribution in [1.82, 2.24) is 4.90 Å². The van der Waals surface area contributed by atoms with Gasteiger partial charge in [0.05, 0.1) is 22.8 Å². The molecule has 0 spiro atoms. The summed E-state index contributed by atoms with van der Waals surface area (Å²) < 4.78 is 30.1. The van der Waals surface area contributed by atoms with Crippen molar-refractivity contribution in [2.45, 2.75) is 44.6 Å². The molecule has 168 valence electrons. The van der Waals surface area contributed by atoms with Crippen molar-refractivity contribution in [3.8, 4) is 0 Å². The van der Waals surface area contributed by atoms with Gasteiger partial charge in [-0.25, -0.2) is 13.2 Å². The predicted molar refractivity (Wildman–Crippen MR) is 121 cm³/mol. The maximum atomic E-state index is 12.6. The zero-order valence-electron chi connectivity index (χ0n) is 17.8. The molecule has 1 N–H and O–H groups in total. The van der Waals surface area contributed by atoms with E-state index in [1.54, 1.807) is 25.1 Å². The SMILES string of the molecule is CCCN1CCc2c(sc(NC(=O)CCS(=O)(=O)c3ccccc3)c2C(=O)OCC)C1. The number of amides is 1. The zero-order valence-corrected chi connectivity index (χ0v) is 19.5. The largest absolute Gasteiger partial charge is 0.462 e. The van der Waals surface area contributed by atoms with Gasteiger partial charge in [-0.15, -0.1) is 11.3 Å². The summed E-state index contributed by atoms with van der Waals surface area (Å²) in [5, 5.41) is 3.22. The molecule has 9 heteroatoms. The molecule has 1 aliphatic heterocycles. The molecule has 2 aromatic rings. The average molecular weight is 465 g/mol. The first-order chi connectivity index (χ1) is 14.9. The molecule has 2 heterocycles. The molecule has 0 saturated carbocycles. The first-order valence-electron chi connectivity index (χ1n) is 10.5. The molecule has 0 bridgehead atoms. The molecular formula is C22H28N2O5S2. The van der Waals surface area contributed by atoms with Gasteiger partial charge in [-0.2, -0.15) is 0 Å². The van der Waals surface area contributed by atoms with E-state index in [2.05, 4.69) is 17.1 Å². The van der Waals surface area contributed by atoms with E-state index in [0.717, 1.165) is 42.9 Å². The number of sulfone groups is 1. The van der Waals surface area contributed by atoms with Crippen LogP contribution in [0, 0.1) is 0 Å². The Morgan fingerprint density at radius 1 is 1.19 bits per heavy atom. The van der Waals surface area contributed by atoms with Crippen LogP contribution >= 0.6 is 11.3 Å². The number of ether oxygens (including phenoxy) is 1. The van der Waals surface area contributed by atoms with Crippen molar-refractivity contribution in [2.24, 2.45) is 0 Å². The molecule has 7 nitrogen and oxygen atoms in total. The van der Waals surface area contributed by atoms with Gasteiger partial charge in [0.1, 0.15) is 5.00 Å². The number of fused-ring (bicyclic) bond motifs is 1. The summed E-state index contributed by atoms with van der Waals surface area (Å²) in [6.45, 7) is 6.68. The van der Waals surface area contributed by atoms with Crippen molar-refractivity contribution in [3.63, 3.8) is 0 Å². The van der Waals surface area contributed by atoms with Crippen LogP contribution in [-0.4, -0.2) is 50.6 Å². The fourth-order valence-corrected chi connectivity index (χ4v) is 6.19. The Balaban J connectivity index is 1.75. The Hall–Kier alpha value is -2.23. The molecule has 1 amide bonds. The summed E-state index contributed by atoms with van der Waals surface area (Å²) in [5.74, 6) is -1.18. The summed E-state index contributed by atoms with van der Waals surface area (Å²) in [6, 6.07) is 8.07. The second kappa shape index (κ2) is 10.4. The van der Waals surface area contributed by atoms with E-state index in [1.807, 2.05) is 0 Å². The summed E-state index contributed by atoms with van der Waals surface area (Å²) in [5.41, 5.74) is 1.35. The zero-order chi connectivity index (χ0) is 22.4. The van der Waals surface area contributed by atoms with E-state index >= 15 is 0 Å². The lowest BCUT2D eigenvalue weighted by molar-refractivity contribution is -0.115. The molecule has 0 aliphatic carbocycles. The highest BCUT2D eigenvalue weighted by molar-refractivity contribution is 7.91. The molecule has 0 atom stereocenters. The van der Waals surface area contributed by atoms with Crippen LogP contribution in [0.1, 0.15) is 47.5 Å². The standard InChI is InChI=1S/C22H28N2O5S2/c1-3-12-24-13-10-17-18(15-24)30-21(20(17)22(26)29-4-2)23-19(25)11-14-31(27,28)16-8-6-5-7-9-16/h5-9H,3-4,10-15H2,1-2H3,(H,23,25). The highest BCUT2D eigenvalue weighted by Gasteiger charge is 2.29. The molecule has 0 unspecified atom stereocenters. The fraction of sp³-hybridized carbons (Fsp3) is 0.455. The number of carbonyl (C=O) groups is 2. The molecule has 1 aromatic carbocycles. The number of carbonyl (C=O) groups excluding carboxylic acids is 2. The van der Waals surface area contributed by atoms with Crippen molar-refractivity contribution >= 4 is 38.1 Å². The first kappa shape index (κ1) is 23.4. The lowest BCUT2D eigenvalue weighted by Gasteiger charge is -2.26. The number of anilines is 1. The van der Waals surface area contributed by atoms with Gasteiger partial charge in [-0.05, 0) is 44.0 Å². The molecule has 31 heavy (non-hydrogen) atoms. The van der Waals surface area contributed by atoms with Crippen LogP contribution in [-0.2, 0) is 32.3 Å². The summed E-state index contributed by atoms with van der Waals surface area (Å²) in [6.07, 6.45) is 1.58. The van der Waals surface area contributed by atoms with E-state index in [4.69, 9.17) is 4.74 Å². The van der Waals surface area contributed by atoms with E-state index in [9.17, 15) is 18.0 Å². The Bertz CT molecular complexity index is 1030. The van der Waals surface area contributed by atoms with Crippen LogP contribution in [0.2, 0.25) is 0 Å². The number of thiophene rings is 1. The minimum Gasteiger partial charge on any atom is -0.462 e. The minimum atomic E-state index is -3.55. The molecule has 3 rings (SSSR count). The second-order valence-electron chi connectivity index (χ2n) is 7.38. The molecule has 0 radical (unpaired) electrons. The molecular weight excluding hydrogens is 436 g/mol. The Morgan fingerprint density at radius 2 is 1.94 bits per heavy atom. The highest BCUT2D eigenvalue weighted by Crippen LogP contribution is 2.37. The summed E-state index contributed by atoms with van der Waals surface area (Å²) in [7, 11) is -3.55. The number of rotatable bonds is 9. The minimum absolute atomic E-state index is 0.190.